The van der Waals surface area contributed by atoms with Crippen LogP contribution in [0.15, 0.2) is 0 Å². The van der Waals surface area contributed by atoms with Crippen LogP contribution in [-0.2, 0) is 4.79 Å². The molecule has 1 atom stereocenters. The molecule has 0 saturated carbocycles. The molecule has 0 rings (SSSR count). The van der Waals surface area contributed by atoms with E-state index in [-0.39, 0.29) is 18.6 Å². The molecule has 0 spiro atoms. The smallest absolute Gasteiger partial charge is 0.220 e. The average molecular weight is 159 g/mol. The summed E-state index contributed by atoms with van der Waals surface area (Å²) in [5.41, 5.74) is 0. The van der Waals surface area contributed by atoms with Gasteiger partial charge in [-0.25, -0.2) is 0 Å². The Hall–Kier alpha value is -0.570. The first-order valence-electron chi connectivity index (χ1n) is 4.14. The Labute approximate surface area is 67.8 Å². The number of rotatable bonds is 5. The van der Waals surface area contributed by atoms with Crippen molar-refractivity contribution < 1.29 is 9.90 Å². The van der Waals surface area contributed by atoms with Crippen molar-refractivity contribution >= 4 is 5.91 Å². The third-order valence-electron chi connectivity index (χ3n) is 1.56. The molecule has 1 amide bonds. The lowest BCUT2D eigenvalue weighted by Crippen LogP contribution is -2.36. The van der Waals surface area contributed by atoms with Crippen molar-refractivity contribution in [3.05, 3.63) is 0 Å². The first kappa shape index (κ1) is 10.4. The SMILES string of the molecule is CCCC(=O)N[C@@H](CC)CO. The normalized spacial score (nSPS) is 12.6. The van der Waals surface area contributed by atoms with E-state index in [1.807, 2.05) is 13.8 Å². The van der Waals surface area contributed by atoms with Crippen LogP contribution in [0.3, 0.4) is 0 Å². The van der Waals surface area contributed by atoms with E-state index in [9.17, 15) is 4.79 Å². The van der Waals surface area contributed by atoms with Gasteiger partial charge in [0.05, 0.1) is 12.6 Å². The minimum absolute atomic E-state index is 0.0337. The zero-order chi connectivity index (χ0) is 8.69. The molecular formula is C8H17NO2. The number of nitrogens with one attached hydrogen (secondary N) is 1. The molecule has 2 N–H and O–H groups in total. The highest BCUT2D eigenvalue weighted by Gasteiger charge is 2.06. The van der Waals surface area contributed by atoms with Crippen molar-refractivity contribution in [1.82, 2.24) is 5.32 Å². The monoisotopic (exact) mass is 159 g/mol. The summed E-state index contributed by atoms with van der Waals surface area (Å²) in [4.78, 5) is 10.9. The summed E-state index contributed by atoms with van der Waals surface area (Å²) in [6.45, 7) is 3.93. The molecule has 0 radical (unpaired) electrons. The number of carbonyl (C=O) groups is 1. The average Bonchev–Trinajstić information content (AvgIpc) is 2.01. The van der Waals surface area contributed by atoms with Crippen LogP contribution in [-0.4, -0.2) is 23.7 Å². The highest BCUT2D eigenvalue weighted by molar-refractivity contribution is 5.76. The van der Waals surface area contributed by atoms with Gasteiger partial charge in [0.2, 0.25) is 5.91 Å². The first-order chi connectivity index (χ1) is 5.24. The van der Waals surface area contributed by atoms with Gasteiger partial charge in [0, 0.05) is 6.42 Å². The second kappa shape index (κ2) is 6.16. The maximum Gasteiger partial charge on any atom is 0.220 e. The molecular weight excluding hydrogens is 142 g/mol. The molecule has 0 bridgehead atoms. The van der Waals surface area contributed by atoms with Gasteiger partial charge in [0.25, 0.3) is 0 Å². The van der Waals surface area contributed by atoms with Crippen molar-refractivity contribution in [2.75, 3.05) is 6.61 Å². The van der Waals surface area contributed by atoms with Crippen molar-refractivity contribution in [2.45, 2.75) is 39.2 Å². The summed E-state index contributed by atoms with van der Waals surface area (Å²) < 4.78 is 0. The maximum absolute atomic E-state index is 10.9. The Morgan fingerprint density at radius 2 is 2.18 bits per heavy atom. The summed E-state index contributed by atoms with van der Waals surface area (Å²) in [5, 5.41) is 11.5. The van der Waals surface area contributed by atoms with Crippen LogP contribution in [0.25, 0.3) is 0 Å². The fourth-order valence-electron chi connectivity index (χ4n) is 0.804. The third-order valence-corrected chi connectivity index (χ3v) is 1.56. The number of hydrogen-bond acceptors (Lipinski definition) is 2. The van der Waals surface area contributed by atoms with Crippen LogP contribution in [0.5, 0.6) is 0 Å². The molecule has 0 unspecified atom stereocenters. The minimum atomic E-state index is -0.0611. The quantitative estimate of drug-likeness (QED) is 0.619. The fourth-order valence-corrected chi connectivity index (χ4v) is 0.804. The Morgan fingerprint density at radius 1 is 1.55 bits per heavy atom. The highest BCUT2D eigenvalue weighted by atomic mass is 16.3. The summed E-state index contributed by atoms with van der Waals surface area (Å²) in [7, 11) is 0. The van der Waals surface area contributed by atoms with Gasteiger partial charge >= 0.3 is 0 Å². The molecule has 0 aromatic carbocycles. The van der Waals surface area contributed by atoms with Crippen LogP contribution in [0.4, 0.5) is 0 Å². The van der Waals surface area contributed by atoms with Crippen molar-refractivity contribution in [3.63, 3.8) is 0 Å². The first-order valence-corrected chi connectivity index (χ1v) is 4.14. The lowest BCUT2D eigenvalue weighted by Gasteiger charge is -2.12. The van der Waals surface area contributed by atoms with Crippen LogP contribution in [0.2, 0.25) is 0 Å². The second-order valence-electron chi connectivity index (χ2n) is 2.61. The topological polar surface area (TPSA) is 49.3 Å². The fraction of sp³-hybridized carbons (Fsp3) is 0.875. The van der Waals surface area contributed by atoms with E-state index >= 15 is 0 Å². The van der Waals surface area contributed by atoms with Gasteiger partial charge in [-0.1, -0.05) is 13.8 Å². The third kappa shape index (κ3) is 4.79. The van der Waals surface area contributed by atoms with E-state index in [0.717, 1.165) is 12.8 Å². The highest BCUT2D eigenvalue weighted by Crippen LogP contribution is 1.92. The summed E-state index contributed by atoms with van der Waals surface area (Å²) in [5.74, 6) is 0.0356. The molecule has 0 saturated heterocycles. The lowest BCUT2D eigenvalue weighted by molar-refractivity contribution is -0.122. The molecule has 0 aromatic heterocycles. The standard InChI is InChI=1S/C8H17NO2/c1-3-5-8(11)9-7(4-2)6-10/h7,10H,3-6H2,1-2H3,(H,9,11)/t7-/m0/s1. The van der Waals surface area contributed by atoms with E-state index in [1.54, 1.807) is 0 Å². The van der Waals surface area contributed by atoms with Gasteiger partial charge in [-0.15, -0.1) is 0 Å². The Kier molecular flexibility index (Phi) is 5.84. The van der Waals surface area contributed by atoms with Gasteiger partial charge < -0.3 is 10.4 Å². The van der Waals surface area contributed by atoms with Crippen LogP contribution >= 0.6 is 0 Å². The van der Waals surface area contributed by atoms with Crippen LogP contribution in [0.1, 0.15) is 33.1 Å². The Balaban J connectivity index is 3.54. The predicted octanol–water partition coefficient (Wildman–Crippen LogP) is 0.674. The largest absolute Gasteiger partial charge is 0.394 e. The summed E-state index contributed by atoms with van der Waals surface area (Å²) in [6, 6.07) is -0.0611. The molecule has 0 fully saturated rings. The second-order valence-corrected chi connectivity index (χ2v) is 2.61. The summed E-state index contributed by atoms with van der Waals surface area (Å²) in [6.07, 6.45) is 2.19. The Bertz CT molecular complexity index is 111. The molecule has 3 heteroatoms. The molecule has 0 aliphatic heterocycles. The number of carbonyl (C=O) groups excluding carboxylic acids is 1. The van der Waals surface area contributed by atoms with E-state index in [1.165, 1.54) is 0 Å². The molecule has 0 heterocycles. The van der Waals surface area contributed by atoms with Crippen molar-refractivity contribution in [3.8, 4) is 0 Å². The van der Waals surface area contributed by atoms with Crippen LogP contribution in [0, 0.1) is 0 Å². The van der Waals surface area contributed by atoms with Crippen LogP contribution < -0.4 is 5.32 Å². The molecule has 0 aromatic rings. The lowest BCUT2D eigenvalue weighted by atomic mass is 10.2. The van der Waals surface area contributed by atoms with Gasteiger partial charge in [-0.05, 0) is 12.8 Å². The van der Waals surface area contributed by atoms with Gasteiger partial charge in [0.1, 0.15) is 0 Å². The Morgan fingerprint density at radius 3 is 2.55 bits per heavy atom. The number of amides is 1. The van der Waals surface area contributed by atoms with Crippen molar-refractivity contribution in [1.29, 1.82) is 0 Å². The van der Waals surface area contributed by atoms with E-state index in [4.69, 9.17) is 5.11 Å². The van der Waals surface area contributed by atoms with E-state index < -0.39 is 0 Å². The zero-order valence-corrected chi connectivity index (χ0v) is 7.26. The number of hydrogen-bond donors (Lipinski definition) is 2. The zero-order valence-electron chi connectivity index (χ0n) is 7.26. The summed E-state index contributed by atoms with van der Waals surface area (Å²) >= 11 is 0. The molecule has 66 valence electrons. The number of aliphatic hydroxyl groups is 1. The maximum atomic E-state index is 10.9. The van der Waals surface area contributed by atoms with E-state index in [0.29, 0.717) is 6.42 Å². The van der Waals surface area contributed by atoms with Gasteiger partial charge in [0.15, 0.2) is 0 Å². The van der Waals surface area contributed by atoms with Crippen molar-refractivity contribution in [2.24, 2.45) is 0 Å². The molecule has 3 nitrogen and oxygen atoms in total. The number of aliphatic hydroxyl groups excluding tert-OH is 1. The van der Waals surface area contributed by atoms with Gasteiger partial charge in [-0.2, -0.15) is 0 Å². The molecule has 0 aliphatic rings. The minimum Gasteiger partial charge on any atom is -0.394 e. The van der Waals surface area contributed by atoms with Gasteiger partial charge in [-0.3, -0.25) is 4.79 Å². The predicted molar refractivity (Wildman–Crippen MR) is 44.2 cm³/mol. The molecule has 11 heavy (non-hydrogen) atoms. The van der Waals surface area contributed by atoms with E-state index in [2.05, 4.69) is 5.32 Å². The molecule has 0 aliphatic carbocycles.